The van der Waals surface area contributed by atoms with Crippen LogP contribution in [-0.4, -0.2) is 31.4 Å². The summed E-state index contributed by atoms with van der Waals surface area (Å²) >= 11 is 4.87. The Hall–Kier alpha value is -3.09. The van der Waals surface area contributed by atoms with Crippen molar-refractivity contribution < 1.29 is 9.59 Å². The van der Waals surface area contributed by atoms with Crippen molar-refractivity contribution in [3.05, 3.63) is 58.1 Å². The van der Waals surface area contributed by atoms with Crippen LogP contribution < -0.4 is 0 Å². The number of aromatic nitrogens is 4. The Balaban J connectivity index is 1.77. The highest BCUT2D eigenvalue weighted by molar-refractivity contribution is 9.10. The van der Waals surface area contributed by atoms with Crippen LogP contribution in [0, 0.1) is 11.3 Å². The molecule has 31 heavy (non-hydrogen) atoms. The van der Waals surface area contributed by atoms with E-state index in [0.717, 1.165) is 15.4 Å². The number of rotatable bonds is 6. The number of fused-ring (bicyclic) bond motifs is 3. The van der Waals surface area contributed by atoms with Gasteiger partial charge in [0.15, 0.2) is 5.65 Å². The Morgan fingerprint density at radius 1 is 1.13 bits per heavy atom. The predicted octanol–water partition coefficient (Wildman–Crippen LogP) is 4.92. The van der Waals surface area contributed by atoms with Crippen LogP contribution in [0.15, 0.2) is 52.1 Å². The molecule has 7 nitrogen and oxygen atoms in total. The number of hydrogen-bond acceptors (Lipinski definition) is 7. The molecule has 0 aliphatic heterocycles. The zero-order chi connectivity index (χ0) is 22.0. The number of carbonyl (C=O) groups is 2. The van der Waals surface area contributed by atoms with Crippen molar-refractivity contribution in [2.24, 2.45) is 0 Å². The van der Waals surface area contributed by atoms with E-state index in [-0.39, 0.29) is 24.5 Å². The summed E-state index contributed by atoms with van der Waals surface area (Å²) in [6, 6.07) is 15.1. The molecular formula is C22H16BrN5O2S. The molecular weight excluding hydrogens is 478 g/mol. The number of nitrogens with zero attached hydrogens (tertiary/aromatic N) is 5. The summed E-state index contributed by atoms with van der Waals surface area (Å²) in [7, 11) is 0. The van der Waals surface area contributed by atoms with Crippen molar-refractivity contribution >= 4 is 61.4 Å². The number of nitriles is 1. The molecule has 0 aliphatic carbocycles. The van der Waals surface area contributed by atoms with Gasteiger partial charge < -0.3 is 4.79 Å². The van der Waals surface area contributed by atoms with E-state index < -0.39 is 0 Å². The highest BCUT2D eigenvalue weighted by Crippen LogP contribution is 2.33. The van der Waals surface area contributed by atoms with Crippen molar-refractivity contribution in [1.82, 2.24) is 19.7 Å². The molecule has 4 aromatic rings. The first-order valence-electron chi connectivity index (χ1n) is 9.46. The number of thioether (sulfide) groups is 1. The average Bonchev–Trinajstić information content (AvgIpc) is 3.11. The van der Waals surface area contributed by atoms with Crippen LogP contribution in [0.25, 0.3) is 22.1 Å². The first-order chi connectivity index (χ1) is 15.0. The van der Waals surface area contributed by atoms with E-state index in [4.69, 9.17) is 0 Å². The van der Waals surface area contributed by atoms with Gasteiger partial charge in [-0.15, -0.1) is 10.2 Å². The summed E-state index contributed by atoms with van der Waals surface area (Å²) in [5, 5.41) is 19.0. The summed E-state index contributed by atoms with van der Waals surface area (Å²) in [5.41, 5.74) is 3.06. The molecule has 2 aromatic carbocycles. The molecule has 0 amide bonds. The Labute approximate surface area is 190 Å². The van der Waals surface area contributed by atoms with Gasteiger partial charge in [0.1, 0.15) is 11.3 Å². The molecule has 0 spiro atoms. The second kappa shape index (κ2) is 8.96. The third kappa shape index (κ3) is 4.22. The van der Waals surface area contributed by atoms with Gasteiger partial charge in [-0.25, -0.2) is 4.98 Å². The lowest BCUT2D eigenvalue weighted by atomic mass is 10.1. The Morgan fingerprint density at radius 2 is 1.94 bits per heavy atom. The number of ketones is 1. The molecule has 0 unspecified atom stereocenters. The summed E-state index contributed by atoms with van der Waals surface area (Å²) in [6.45, 7) is 1.47. The van der Waals surface area contributed by atoms with E-state index in [0.29, 0.717) is 33.2 Å². The van der Waals surface area contributed by atoms with Gasteiger partial charge in [0.25, 0.3) is 0 Å². The standard InChI is InChI=1S/C22H16BrN5O2S/c1-13(29)9-10-18(30)28-17-8-4-7-16(23)19(17)20-21(28)25-22(27-26-20)31-12-15-6-3-2-5-14(15)11-24/h2-8H,9-10,12H2,1H3. The van der Waals surface area contributed by atoms with Crippen molar-refractivity contribution in [3.63, 3.8) is 0 Å². The molecule has 154 valence electrons. The Morgan fingerprint density at radius 3 is 2.71 bits per heavy atom. The molecule has 0 saturated carbocycles. The van der Waals surface area contributed by atoms with E-state index in [2.05, 4.69) is 37.2 Å². The van der Waals surface area contributed by atoms with Crippen LogP contribution in [0.5, 0.6) is 0 Å². The number of Topliss-reactive ketones (excluding diaryl/α,β-unsaturated/α-hetero) is 1. The van der Waals surface area contributed by atoms with Crippen molar-refractivity contribution in [3.8, 4) is 6.07 Å². The molecule has 0 bridgehead atoms. The van der Waals surface area contributed by atoms with Gasteiger partial charge in [-0.1, -0.05) is 52.0 Å². The van der Waals surface area contributed by atoms with Gasteiger partial charge in [0, 0.05) is 28.5 Å². The smallest absolute Gasteiger partial charge is 0.233 e. The van der Waals surface area contributed by atoms with Gasteiger partial charge in [0.05, 0.1) is 17.1 Å². The van der Waals surface area contributed by atoms with Crippen LogP contribution >= 0.6 is 27.7 Å². The second-order valence-corrected chi connectivity index (χ2v) is 8.69. The van der Waals surface area contributed by atoms with Gasteiger partial charge in [-0.05, 0) is 30.7 Å². The predicted molar refractivity (Wildman–Crippen MR) is 122 cm³/mol. The molecule has 0 radical (unpaired) electrons. The quantitative estimate of drug-likeness (QED) is 0.351. The lowest BCUT2D eigenvalue weighted by molar-refractivity contribution is -0.117. The molecule has 2 aromatic heterocycles. The van der Waals surface area contributed by atoms with Gasteiger partial charge in [-0.3, -0.25) is 9.36 Å². The summed E-state index contributed by atoms with van der Waals surface area (Å²) in [5.74, 6) is 0.231. The highest BCUT2D eigenvalue weighted by atomic mass is 79.9. The van der Waals surface area contributed by atoms with E-state index in [9.17, 15) is 14.9 Å². The number of halogens is 1. The van der Waals surface area contributed by atoms with Crippen LogP contribution in [-0.2, 0) is 10.5 Å². The lowest BCUT2D eigenvalue weighted by Crippen LogP contribution is -2.12. The normalized spacial score (nSPS) is 11.0. The van der Waals surface area contributed by atoms with E-state index in [1.54, 1.807) is 6.07 Å². The molecule has 0 N–H and O–H groups in total. The fourth-order valence-corrected chi connectivity index (χ4v) is 4.60. The second-order valence-electron chi connectivity index (χ2n) is 6.89. The van der Waals surface area contributed by atoms with Crippen LogP contribution in [0.2, 0.25) is 0 Å². The minimum absolute atomic E-state index is 0.0459. The van der Waals surface area contributed by atoms with Gasteiger partial charge >= 0.3 is 0 Å². The van der Waals surface area contributed by atoms with Gasteiger partial charge in [0.2, 0.25) is 11.1 Å². The molecule has 2 heterocycles. The van der Waals surface area contributed by atoms with E-state index >= 15 is 0 Å². The summed E-state index contributed by atoms with van der Waals surface area (Å²) in [6.07, 6.45) is 0.252. The largest absolute Gasteiger partial charge is 0.300 e. The molecule has 0 aliphatic rings. The zero-order valence-corrected chi connectivity index (χ0v) is 18.9. The first-order valence-corrected chi connectivity index (χ1v) is 11.2. The maximum absolute atomic E-state index is 13.0. The zero-order valence-electron chi connectivity index (χ0n) is 16.5. The lowest BCUT2D eigenvalue weighted by Gasteiger charge is -2.05. The molecule has 0 saturated heterocycles. The average molecular weight is 494 g/mol. The van der Waals surface area contributed by atoms with Crippen LogP contribution in [0.3, 0.4) is 0 Å². The van der Waals surface area contributed by atoms with E-state index in [1.165, 1.54) is 23.3 Å². The topological polar surface area (TPSA) is 102 Å². The maximum Gasteiger partial charge on any atom is 0.233 e. The van der Waals surface area contributed by atoms with Crippen molar-refractivity contribution in [2.45, 2.75) is 30.7 Å². The highest BCUT2D eigenvalue weighted by Gasteiger charge is 2.21. The number of hydrogen-bond donors (Lipinski definition) is 0. The minimum atomic E-state index is -0.223. The van der Waals surface area contributed by atoms with Crippen LogP contribution in [0.4, 0.5) is 0 Å². The van der Waals surface area contributed by atoms with Crippen LogP contribution in [0.1, 0.15) is 35.7 Å². The van der Waals surface area contributed by atoms with Crippen molar-refractivity contribution in [1.29, 1.82) is 5.26 Å². The van der Waals surface area contributed by atoms with E-state index in [1.807, 2.05) is 36.4 Å². The molecule has 0 fully saturated rings. The van der Waals surface area contributed by atoms with Crippen molar-refractivity contribution in [2.75, 3.05) is 0 Å². The fraction of sp³-hybridized carbons (Fsp3) is 0.182. The SMILES string of the molecule is CC(=O)CCC(=O)n1c2cccc(Br)c2c2nnc(SCc3ccccc3C#N)nc21. The van der Waals surface area contributed by atoms with Gasteiger partial charge in [-0.2, -0.15) is 5.26 Å². The Bertz CT molecular complexity index is 1380. The fourth-order valence-electron chi connectivity index (χ4n) is 3.27. The molecule has 4 rings (SSSR count). The first kappa shape index (κ1) is 21.2. The molecule has 0 atom stereocenters. The minimum Gasteiger partial charge on any atom is -0.300 e. The maximum atomic E-state index is 13.0. The Kier molecular flexibility index (Phi) is 6.11. The number of benzene rings is 2. The molecule has 9 heteroatoms. The summed E-state index contributed by atoms with van der Waals surface area (Å²) in [4.78, 5) is 29.0. The third-order valence-corrected chi connectivity index (χ3v) is 6.31. The summed E-state index contributed by atoms with van der Waals surface area (Å²) < 4.78 is 2.30. The third-order valence-electron chi connectivity index (χ3n) is 4.76. The number of carbonyl (C=O) groups excluding carboxylic acids is 2. The monoisotopic (exact) mass is 493 g/mol.